The molecular formula is C18H20N4OS. The lowest BCUT2D eigenvalue weighted by atomic mass is 9.96. The summed E-state index contributed by atoms with van der Waals surface area (Å²) in [6, 6.07) is 9.96. The van der Waals surface area contributed by atoms with Crippen molar-refractivity contribution in [3.8, 4) is 11.5 Å². The van der Waals surface area contributed by atoms with Crippen LogP contribution < -0.4 is 0 Å². The number of nitrogens with zero attached hydrogens (tertiary/aromatic N) is 4. The van der Waals surface area contributed by atoms with Crippen LogP contribution in [0, 0.1) is 0 Å². The van der Waals surface area contributed by atoms with Crippen LogP contribution in [-0.2, 0) is 6.42 Å². The van der Waals surface area contributed by atoms with Crippen molar-refractivity contribution in [3.05, 3.63) is 52.7 Å². The second-order valence-corrected chi connectivity index (χ2v) is 7.13. The van der Waals surface area contributed by atoms with Crippen LogP contribution in [0.25, 0.3) is 11.5 Å². The maximum absolute atomic E-state index is 5.45. The first-order valence-corrected chi connectivity index (χ1v) is 9.25. The molecule has 0 unspecified atom stereocenters. The average Bonchev–Trinajstić information content (AvgIpc) is 3.33. The molecule has 4 rings (SSSR count). The fourth-order valence-corrected chi connectivity index (χ4v) is 3.74. The minimum atomic E-state index is 0.408. The van der Waals surface area contributed by atoms with Crippen LogP contribution in [0.15, 0.2) is 46.6 Å². The summed E-state index contributed by atoms with van der Waals surface area (Å²) in [5.41, 5.74) is 2.89. The van der Waals surface area contributed by atoms with Crippen LogP contribution in [0.5, 0.6) is 0 Å². The third-order valence-electron chi connectivity index (χ3n) is 4.57. The average molecular weight is 340 g/mol. The van der Waals surface area contributed by atoms with Crippen molar-refractivity contribution in [1.29, 1.82) is 0 Å². The van der Waals surface area contributed by atoms with Gasteiger partial charge in [-0.05, 0) is 44.5 Å². The molecular weight excluding hydrogens is 320 g/mol. The third kappa shape index (κ3) is 3.55. The molecule has 24 heavy (non-hydrogen) atoms. The number of hydrogen-bond acceptors (Lipinski definition) is 6. The molecule has 5 nitrogen and oxygen atoms in total. The monoisotopic (exact) mass is 340 g/mol. The molecule has 1 aromatic carbocycles. The van der Waals surface area contributed by atoms with E-state index >= 15 is 0 Å². The smallest absolute Gasteiger partial charge is 0.257 e. The first-order chi connectivity index (χ1) is 11.9. The van der Waals surface area contributed by atoms with Crippen molar-refractivity contribution in [1.82, 2.24) is 20.0 Å². The lowest BCUT2D eigenvalue weighted by Crippen LogP contribution is -2.34. The maximum Gasteiger partial charge on any atom is 0.257 e. The largest absolute Gasteiger partial charge is 0.334 e. The van der Waals surface area contributed by atoms with Gasteiger partial charge in [0.05, 0.1) is 5.51 Å². The van der Waals surface area contributed by atoms with E-state index in [0.717, 1.165) is 50.3 Å². The summed E-state index contributed by atoms with van der Waals surface area (Å²) < 4.78 is 5.45. The Morgan fingerprint density at radius 3 is 2.75 bits per heavy atom. The van der Waals surface area contributed by atoms with E-state index in [0.29, 0.717) is 11.8 Å². The number of piperidine rings is 1. The van der Waals surface area contributed by atoms with E-state index in [9.17, 15) is 0 Å². The first kappa shape index (κ1) is 15.5. The highest BCUT2D eigenvalue weighted by Crippen LogP contribution is 2.28. The fraction of sp³-hybridized carbons (Fsp3) is 0.389. The molecule has 0 saturated carbocycles. The van der Waals surface area contributed by atoms with Gasteiger partial charge in [-0.1, -0.05) is 23.4 Å². The summed E-state index contributed by atoms with van der Waals surface area (Å²) in [4.78, 5) is 12.6. The zero-order valence-electron chi connectivity index (χ0n) is 13.5. The topological polar surface area (TPSA) is 55.1 Å². The SMILES string of the molecule is c1ccc(-c2nc(C3CCN(CCc4cncs4)CC3)no2)cc1. The minimum Gasteiger partial charge on any atom is -0.334 e. The van der Waals surface area contributed by atoms with E-state index in [4.69, 9.17) is 4.52 Å². The Labute approximate surface area is 145 Å². The number of hydrogen-bond donors (Lipinski definition) is 0. The normalized spacial score (nSPS) is 16.5. The lowest BCUT2D eigenvalue weighted by Gasteiger charge is -2.30. The molecule has 1 saturated heterocycles. The zero-order chi connectivity index (χ0) is 16.2. The van der Waals surface area contributed by atoms with Crippen LogP contribution in [0.4, 0.5) is 0 Å². The van der Waals surface area contributed by atoms with Crippen LogP contribution in [0.1, 0.15) is 29.5 Å². The molecule has 0 radical (unpaired) electrons. The molecule has 1 fully saturated rings. The van der Waals surface area contributed by atoms with E-state index in [1.165, 1.54) is 4.88 Å². The van der Waals surface area contributed by atoms with Gasteiger partial charge in [-0.3, -0.25) is 4.98 Å². The summed E-state index contributed by atoms with van der Waals surface area (Å²) in [6.07, 6.45) is 5.25. The molecule has 6 heteroatoms. The number of likely N-dealkylation sites (tertiary alicyclic amines) is 1. The molecule has 0 spiro atoms. The molecule has 1 aliphatic rings. The van der Waals surface area contributed by atoms with E-state index in [2.05, 4.69) is 20.0 Å². The Kier molecular flexibility index (Phi) is 4.66. The van der Waals surface area contributed by atoms with Crippen molar-refractivity contribution in [3.63, 3.8) is 0 Å². The first-order valence-electron chi connectivity index (χ1n) is 8.37. The minimum absolute atomic E-state index is 0.408. The molecule has 0 aliphatic carbocycles. The van der Waals surface area contributed by atoms with Gasteiger partial charge in [0.25, 0.3) is 5.89 Å². The van der Waals surface area contributed by atoms with Gasteiger partial charge in [-0.15, -0.1) is 11.3 Å². The second kappa shape index (κ2) is 7.23. The molecule has 0 N–H and O–H groups in total. The Bertz CT molecular complexity index is 748. The summed E-state index contributed by atoms with van der Waals surface area (Å²) in [6.45, 7) is 3.30. The molecule has 124 valence electrons. The molecule has 0 amide bonds. The Hall–Kier alpha value is -2.05. The van der Waals surface area contributed by atoms with Gasteiger partial charge in [-0.2, -0.15) is 4.98 Å². The molecule has 3 heterocycles. The standard InChI is InChI=1S/C18H20N4OS/c1-2-4-15(5-3-1)18-20-17(21-23-18)14-6-9-22(10-7-14)11-8-16-12-19-13-24-16/h1-5,12-14H,6-11H2. The predicted octanol–water partition coefficient (Wildman–Crippen LogP) is 3.62. The van der Waals surface area contributed by atoms with Crippen molar-refractivity contribution < 1.29 is 4.52 Å². The molecule has 0 atom stereocenters. The third-order valence-corrected chi connectivity index (χ3v) is 5.41. The van der Waals surface area contributed by atoms with Gasteiger partial charge in [0.1, 0.15) is 0 Å². The molecule has 2 aromatic heterocycles. The number of aromatic nitrogens is 3. The van der Waals surface area contributed by atoms with Crippen molar-refractivity contribution in [2.24, 2.45) is 0 Å². The van der Waals surface area contributed by atoms with Gasteiger partial charge in [0, 0.05) is 29.1 Å². The highest BCUT2D eigenvalue weighted by molar-refractivity contribution is 7.09. The van der Waals surface area contributed by atoms with E-state index in [1.807, 2.05) is 42.0 Å². The van der Waals surface area contributed by atoms with Gasteiger partial charge >= 0.3 is 0 Å². The summed E-state index contributed by atoms with van der Waals surface area (Å²) in [5.74, 6) is 1.89. The second-order valence-electron chi connectivity index (χ2n) is 6.16. The quantitative estimate of drug-likeness (QED) is 0.710. The molecule has 0 bridgehead atoms. The zero-order valence-corrected chi connectivity index (χ0v) is 14.3. The highest BCUT2D eigenvalue weighted by Gasteiger charge is 2.24. The molecule has 1 aliphatic heterocycles. The summed E-state index contributed by atoms with van der Waals surface area (Å²) >= 11 is 1.74. The summed E-state index contributed by atoms with van der Waals surface area (Å²) in [7, 11) is 0. The van der Waals surface area contributed by atoms with Gasteiger partial charge in [-0.25, -0.2) is 0 Å². The number of thiazole rings is 1. The Balaban J connectivity index is 1.32. The van der Waals surface area contributed by atoms with Crippen molar-refractivity contribution >= 4 is 11.3 Å². The van der Waals surface area contributed by atoms with E-state index in [1.54, 1.807) is 11.3 Å². The predicted molar refractivity (Wildman–Crippen MR) is 94.0 cm³/mol. The number of benzene rings is 1. The summed E-state index contributed by atoms with van der Waals surface area (Å²) in [5, 5.41) is 4.22. The van der Waals surface area contributed by atoms with E-state index in [-0.39, 0.29) is 0 Å². The number of rotatable bonds is 5. The van der Waals surface area contributed by atoms with Crippen LogP contribution in [-0.4, -0.2) is 39.7 Å². The van der Waals surface area contributed by atoms with Gasteiger partial charge < -0.3 is 9.42 Å². The van der Waals surface area contributed by atoms with Crippen LogP contribution >= 0.6 is 11.3 Å². The van der Waals surface area contributed by atoms with Gasteiger partial charge in [0.2, 0.25) is 0 Å². The van der Waals surface area contributed by atoms with Crippen LogP contribution in [0.2, 0.25) is 0 Å². The van der Waals surface area contributed by atoms with Crippen molar-refractivity contribution in [2.45, 2.75) is 25.2 Å². The lowest BCUT2D eigenvalue weighted by molar-refractivity contribution is 0.210. The Morgan fingerprint density at radius 2 is 2.00 bits per heavy atom. The fourth-order valence-electron chi connectivity index (χ4n) is 3.15. The van der Waals surface area contributed by atoms with Gasteiger partial charge in [0.15, 0.2) is 5.82 Å². The van der Waals surface area contributed by atoms with Crippen LogP contribution in [0.3, 0.4) is 0 Å². The molecule has 3 aromatic rings. The van der Waals surface area contributed by atoms with Crippen molar-refractivity contribution in [2.75, 3.05) is 19.6 Å². The van der Waals surface area contributed by atoms with E-state index < -0.39 is 0 Å². The Morgan fingerprint density at radius 1 is 1.17 bits per heavy atom. The maximum atomic E-state index is 5.45. The highest BCUT2D eigenvalue weighted by atomic mass is 32.1.